The van der Waals surface area contributed by atoms with E-state index in [1.807, 2.05) is 0 Å². The molecule has 0 spiro atoms. The second kappa shape index (κ2) is 6.14. The van der Waals surface area contributed by atoms with E-state index in [4.69, 9.17) is 0 Å². The van der Waals surface area contributed by atoms with Gasteiger partial charge in [0.05, 0.1) is 12.2 Å². The van der Waals surface area contributed by atoms with Crippen LogP contribution in [0.15, 0.2) is 34.7 Å². The Kier molecular flexibility index (Phi) is 4.74. The Morgan fingerprint density at radius 1 is 1.26 bits per heavy atom. The normalized spacial score (nSPS) is 17.1. The van der Waals surface area contributed by atoms with Gasteiger partial charge in [0.25, 0.3) is 0 Å². The standard InChI is InChI=1S/C15H18N2S.BrH/c1-11(2)9-12-3-5-13(6-4-12)14-10-18-15-16-7-8-17(14)15;/h3-6,10-11H,7-9H2,1-2H3;1H/p-1. The van der Waals surface area contributed by atoms with Gasteiger partial charge in [0.1, 0.15) is 0 Å². The molecule has 0 aliphatic carbocycles. The molecule has 0 saturated heterocycles. The lowest BCUT2D eigenvalue weighted by molar-refractivity contribution is -0.00000381. The molecule has 3 rings (SSSR count). The van der Waals surface area contributed by atoms with Crippen LogP contribution in [0.4, 0.5) is 0 Å². The van der Waals surface area contributed by atoms with Gasteiger partial charge < -0.3 is 21.9 Å². The minimum absolute atomic E-state index is 0. The lowest BCUT2D eigenvalue weighted by Gasteiger charge is -2.17. The van der Waals surface area contributed by atoms with Gasteiger partial charge in [0, 0.05) is 12.0 Å². The summed E-state index contributed by atoms with van der Waals surface area (Å²) in [5, 5.41) is 3.38. The van der Waals surface area contributed by atoms with Crippen molar-refractivity contribution >= 4 is 22.6 Å². The molecule has 0 radical (unpaired) electrons. The molecule has 2 heterocycles. The average Bonchev–Trinajstić information content (AvgIpc) is 2.91. The summed E-state index contributed by atoms with van der Waals surface area (Å²) in [7, 11) is 0. The van der Waals surface area contributed by atoms with Gasteiger partial charge in [0.15, 0.2) is 5.17 Å². The van der Waals surface area contributed by atoms with Crippen molar-refractivity contribution in [3.63, 3.8) is 0 Å². The van der Waals surface area contributed by atoms with Gasteiger partial charge in [-0.25, -0.2) is 0 Å². The second-order valence-corrected chi connectivity index (χ2v) is 6.07. The third kappa shape index (κ3) is 3.06. The Morgan fingerprint density at radius 3 is 2.68 bits per heavy atom. The van der Waals surface area contributed by atoms with Crippen molar-refractivity contribution in [3.05, 3.63) is 40.8 Å². The molecule has 0 unspecified atom stereocenters. The predicted molar refractivity (Wildman–Crippen MR) is 79.6 cm³/mol. The second-order valence-electron chi connectivity index (χ2n) is 5.23. The van der Waals surface area contributed by atoms with Crippen LogP contribution in [0, 0.1) is 5.92 Å². The topological polar surface area (TPSA) is 15.6 Å². The zero-order valence-corrected chi connectivity index (χ0v) is 13.7. The summed E-state index contributed by atoms with van der Waals surface area (Å²) in [5.41, 5.74) is 4.05. The fourth-order valence-corrected chi connectivity index (χ4v) is 3.39. The van der Waals surface area contributed by atoms with E-state index in [0.717, 1.165) is 30.6 Å². The maximum Gasteiger partial charge on any atom is 0.168 e. The van der Waals surface area contributed by atoms with Gasteiger partial charge >= 0.3 is 0 Å². The number of hydrogen-bond donors (Lipinski definition) is 0. The summed E-state index contributed by atoms with van der Waals surface area (Å²) in [4.78, 5) is 6.81. The summed E-state index contributed by atoms with van der Waals surface area (Å²) >= 11 is 1.74. The van der Waals surface area contributed by atoms with Crippen LogP contribution in [0.25, 0.3) is 5.70 Å². The first-order chi connectivity index (χ1) is 8.74. The van der Waals surface area contributed by atoms with Crippen LogP contribution in [0.2, 0.25) is 0 Å². The van der Waals surface area contributed by atoms with Crippen molar-refractivity contribution in [2.24, 2.45) is 10.9 Å². The summed E-state index contributed by atoms with van der Waals surface area (Å²) in [6.07, 6.45) is 1.16. The first-order valence-electron chi connectivity index (χ1n) is 6.52. The van der Waals surface area contributed by atoms with Crippen molar-refractivity contribution in [2.75, 3.05) is 13.1 Å². The Bertz CT molecular complexity index is 505. The molecule has 0 aromatic heterocycles. The molecule has 102 valence electrons. The zero-order chi connectivity index (χ0) is 12.5. The van der Waals surface area contributed by atoms with Crippen molar-refractivity contribution in [2.45, 2.75) is 20.3 Å². The Labute approximate surface area is 129 Å². The summed E-state index contributed by atoms with van der Waals surface area (Å²) in [5.74, 6) is 0.717. The van der Waals surface area contributed by atoms with Crippen LogP contribution in [0.3, 0.4) is 0 Å². The van der Waals surface area contributed by atoms with E-state index in [1.54, 1.807) is 11.8 Å². The number of benzene rings is 1. The van der Waals surface area contributed by atoms with E-state index >= 15 is 0 Å². The molecular formula is C15H18BrN2S-. The molecule has 2 aliphatic rings. The lowest BCUT2D eigenvalue weighted by Crippen LogP contribution is -3.00. The monoisotopic (exact) mass is 337 g/mol. The quantitative estimate of drug-likeness (QED) is 0.803. The number of fused-ring (bicyclic) bond motifs is 1. The highest BCUT2D eigenvalue weighted by atomic mass is 79.9. The molecule has 0 saturated carbocycles. The predicted octanol–water partition coefficient (Wildman–Crippen LogP) is 0.606. The third-order valence-corrected chi connectivity index (χ3v) is 4.16. The van der Waals surface area contributed by atoms with Gasteiger partial charge in [-0.3, -0.25) is 4.99 Å². The van der Waals surface area contributed by atoms with Gasteiger partial charge in [-0.1, -0.05) is 49.9 Å². The molecule has 0 fully saturated rings. The molecular weight excluding hydrogens is 320 g/mol. The maximum absolute atomic E-state index is 4.48. The lowest BCUT2D eigenvalue weighted by atomic mass is 10.0. The van der Waals surface area contributed by atoms with Crippen molar-refractivity contribution in [1.82, 2.24) is 4.90 Å². The Hall–Kier alpha value is -0.740. The van der Waals surface area contributed by atoms with E-state index in [-0.39, 0.29) is 17.0 Å². The highest BCUT2D eigenvalue weighted by Crippen LogP contribution is 2.35. The van der Waals surface area contributed by atoms with Gasteiger partial charge in [-0.05, 0) is 23.5 Å². The Morgan fingerprint density at radius 2 is 2.00 bits per heavy atom. The van der Waals surface area contributed by atoms with Crippen LogP contribution >= 0.6 is 11.8 Å². The fourth-order valence-electron chi connectivity index (χ4n) is 2.43. The first kappa shape index (κ1) is 14.7. The minimum atomic E-state index is 0. The highest BCUT2D eigenvalue weighted by molar-refractivity contribution is 8.16. The Balaban J connectivity index is 0.00000133. The summed E-state index contributed by atoms with van der Waals surface area (Å²) in [6, 6.07) is 8.99. The number of nitrogens with zero attached hydrogens (tertiary/aromatic N) is 2. The van der Waals surface area contributed by atoms with E-state index in [1.165, 1.54) is 16.8 Å². The molecule has 19 heavy (non-hydrogen) atoms. The molecule has 4 heteroatoms. The van der Waals surface area contributed by atoms with Crippen molar-refractivity contribution < 1.29 is 17.0 Å². The smallest absolute Gasteiger partial charge is 0.168 e. The van der Waals surface area contributed by atoms with Crippen LogP contribution in [0.5, 0.6) is 0 Å². The SMILES string of the molecule is CC(C)Cc1ccc(C2=CSC3=NCCN23)cc1.[Br-]. The van der Waals surface area contributed by atoms with E-state index < -0.39 is 0 Å². The fraction of sp³-hybridized carbons (Fsp3) is 0.400. The maximum atomic E-state index is 4.48. The van der Waals surface area contributed by atoms with E-state index in [0.29, 0.717) is 0 Å². The van der Waals surface area contributed by atoms with Gasteiger partial charge in [0.2, 0.25) is 0 Å². The number of hydrogen-bond acceptors (Lipinski definition) is 3. The molecule has 2 aliphatic heterocycles. The number of aliphatic imine (C=N–C) groups is 1. The zero-order valence-electron chi connectivity index (χ0n) is 11.3. The number of amidine groups is 1. The van der Waals surface area contributed by atoms with Crippen LogP contribution in [-0.4, -0.2) is 23.2 Å². The highest BCUT2D eigenvalue weighted by Gasteiger charge is 2.26. The van der Waals surface area contributed by atoms with Crippen molar-refractivity contribution in [3.8, 4) is 0 Å². The van der Waals surface area contributed by atoms with Crippen LogP contribution in [-0.2, 0) is 6.42 Å². The molecule has 1 aromatic carbocycles. The molecule has 0 amide bonds. The number of thioether (sulfide) groups is 1. The molecule has 1 aromatic rings. The molecule has 2 nitrogen and oxygen atoms in total. The first-order valence-corrected chi connectivity index (χ1v) is 7.40. The number of rotatable bonds is 3. The molecule has 0 bridgehead atoms. The van der Waals surface area contributed by atoms with Gasteiger partial charge in [-0.2, -0.15) is 0 Å². The average molecular weight is 338 g/mol. The third-order valence-electron chi connectivity index (χ3n) is 3.26. The molecule has 0 N–H and O–H groups in total. The van der Waals surface area contributed by atoms with E-state index in [9.17, 15) is 0 Å². The largest absolute Gasteiger partial charge is 1.00 e. The van der Waals surface area contributed by atoms with E-state index in [2.05, 4.69) is 53.4 Å². The van der Waals surface area contributed by atoms with Crippen molar-refractivity contribution in [1.29, 1.82) is 0 Å². The number of halogens is 1. The summed E-state index contributed by atoms with van der Waals surface area (Å²) < 4.78 is 0. The summed E-state index contributed by atoms with van der Waals surface area (Å²) in [6.45, 7) is 6.49. The van der Waals surface area contributed by atoms with Gasteiger partial charge in [-0.15, -0.1) is 0 Å². The van der Waals surface area contributed by atoms with Crippen LogP contribution < -0.4 is 17.0 Å². The van der Waals surface area contributed by atoms with Crippen LogP contribution in [0.1, 0.15) is 25.0 Å². The minimum Gasteiger partial charge on any atom is -1.00 e. The molecule has 0 atom stereocenters.